The van der Waals surface area contributed by atoms with Crippen LogP contribution in [0.2, 0.25) is 0 Å². The van der Waals surface area contributed by atoms with Gasteiger partial charge in [-0.1, -0.05) is 0 Å². The van der Waals surface area contributed by atoms with Crippen molar-refractivity contribution in [2.45, 2.75) is 18.9 Å². The highest BCUT2D eigenvalue weighted by atomic mass is 32.2. The molecule has 0 aliphatic carbocycles. The van der Waals surface area contributed by atoms with Crippen LogP contribution in [-0.2, 0) is 14.8 Å². The predicted molar refractivity (Wildman–Crippen MR) is 96.8 cm³/mol. The maximum atomic E-state index is 12.5. The highest BCUT2D eigenvalue weighted by molar-refractivity contribution is 7.88. The van der Waals surface area contributed by atoms with E-state index >= 15 is 0 Å². The van der Waals surface area contributed by atoms with Crippen LogP contribution < -0.4 is 5.32 Å². The molecule has 1 N–H and O–H groups in total. The number of carbonyl (C=O) groups excluding carboxylic acids is 1. The summed E-state index contributed by atoms with van der Waals surface area (Å²) in [6, 6.07) is 3.86. The van der Waals surface area contributed by atoms with E-state index in [1.165, 1.54) is 10.6 Å². The third-order valence-corrected chi connectivity index (χ3v) is 6.54. The van der Waals surface area contributed by atoms with E-state index in [2.05, 4.69) is 15.8 Å². The lowest BCUT2D eigenvalue weighted by Crippen LogP contribution is -2.43. The number of aromatic nitrogens is 2. The van der Waals surface area contributed by atoms with Gasteiger partial charge in [-0.3, -0.25) is 9.48 Å². The summed E-state index contributed by atoms with van der Waals surface area (Å²) in [6.45, 7) is 1.28. The number of amides is 1. The summed E-state index contributed by atoms with van der Waals surface area (Å²) in [5.41, 5.74) is 1.11. The third kappa shape index (κ3) is 4.47. The number of sulfonamides is 1. The predicted octanol–water partition coefficient (Wildman–Crippen LogP) is 1.32. The SMILES string of the molecule is CS(=O)(=O)N1CCC(C(=O)NC[C@H](c2ccsc2)n2cccn2)CC1. The second-order valence-electron chi connectivity index (χ2n) is 6.24. The molecular formula is C16H22N4O3S2. The van der Waals surface area contributed by atoms with E-state index in [-0.39, 0.29) is 17.9 Å². The Morgan fingerprint density at radius 3 is 2.76 bits per heavy atom. The van der Waals surface area contributed by atoms with E-state index in [0.29, 0.717) is 32.5 Å². The number of rotatable bonds is 6. The normalized spacial score (nSPS) is 18.1. The zero-order valence-electron chi connectivity index (χ0n) is 14.0. The van der Waals surface area contributed by atoms with Gasteiger partial charge in [-0.2, -0.15) is 16.4 Å². The maximum Gasteiger partial charge on any atom is 0.223 e. The first kappa shape index (κ1) is 18.1. The molecule has 3 rings (SSSR count). The van der Waals surface area contributed by atoms with Gasteiger partial charge < -0.3 is 5.32 Å². The minimum Gasteiger partial charge on any atom is -0.353 e. The monoisotopic (exact) mass is 382 g/mol. The third-order valence-electron chi connectivity index (χ3n) is 4.54. The summed E-state index contributed by atoms with van der Waals surface area (Å²) >= 11 is 1.61. The van der Waals surface area contributed by atoms with Crippen LogP contribution in [0.15, 0.2) is 35.3 Å². The number of thiophene rings is 1. The van der Waals surface area contributed by atoms with Crippen LogP contribution in [0.5, 0.6) is 0 Å². The van der Waals surface area contributed by atoms with Crippen LogP contribution in [0.1, 0.15) is 24.4 Å². The quantitative estimate of drug-likeness (QED) is 0.817. The first-order valence-electron chi connectivity index (χ1n) is 8.19. The average molecular weight is 383 g/mol. The second-order valence-corrected chi connectivity index (χ2v) is 9.00. The number of carbonyl (C=O) groups is 1. The van der Waals surface area contributed by atoms with E-state index in [0.717, 1.165) is 5.56 Å². The van der Waals surface area contributed by atoms with Gasteiger partial charge in [-0.05, 0) is 41.3 Å². The topological polar surface area (TPSA) is 84.3 Å². The average Bonchev–Trinajstić information content (AvgIpc) is 3.28. The molecule has 0 bridgehead atoms. The highest BCUT2D eigenvalue weighted by Crippen LogP contribution is 2.22. The van der Waals surface area contributed by atoms with Crippen LogP contribution in [0.4, 0.5) is 0 Å². The van der Waals surface area contributed by atoms with Gasteiger partial charge in [-0.15, -0.1) is 0 Å². The Morgan fingerprint density at radius 2 is 2.20 bits per heavy atom. The fraction of sp³-hybridized carbons (Fsp3) is 0.500. The van der Waals surface area contributed by atoms with E-state index in [1.807, 2.05) is 28.4 Å². The zero-order valence-corrected chi connectivity index (χ0v) is 15.7. The summed E-state index contributed by atoms with van der Waals surface area (Å²) < 4.78 is 26.4. The van der Waals surface area contributed by atoms with E-state index < -0.39 is 10.0 Å². The smallest absolute Gasteiger partial charge is 0.223 e. The molecule has 25 heavy (non-hydrogen) atoms. The number of nitrogens with zero attached hydrogens (tertiary/aromatic N) is 3. The molecule has 1 saturated heterocycles. The first-order valence-corrected chi connectivity index (χ1v) is 11.0. The van der Waals surface area contributed by atoms with Gasteiger partial charge in [0.2, 0.25) is 15.9 Å². The molecule has 1 fully saturated rings. The molecule has 2 aromatic rings. The van der Waals surface area contributed by atoms with Gasteiger partial charge in [-0.25, -0.2) is 12.7 Å². The van der Waals surface area contributed by atoms with Crippen molar-refractivity contribution < 1.29 is 13.2 Å². The molecule has 0 aromatic carbocycles. The Balaban J connectivity index is 1.58. The van der Waals surface area contributed by atoms with Crippen molar-refractivity contribution >= 4 is 27.3 Å². The van der Waals surface area contributed by atoms with Gasteiger partial charge in [0.1, 0.15) is 0 Å². The lowest BCUT2D eigenvalue weighted by molar-refractivity contribution is -0.126. The van der Waals surface area contributed by atoms with Gasteiger partial charge in [0.15, 0.2) is 0 Å². The molecule has 1 amide bonds. The molecule has 1 atom stereocenters. The summed E-state index contributed by atoms with van der Waals surface area (Å²) in [5.74, 6) is -0.153. The molecule has 7 nitrogen and oxygen atoms in total. The molecule has 0 saturated carbocycles. The van der Waals surface area contributed by atoms with Gasteiger partial charge in [0.05, 0.1) is 12.3 Å². The Hall–Kier alpha value is -1.71. The van der Waals surface area contributed by atoms with Crippen LogP contribution in [0.25, 0.3) is 0 Å². The molecule has 9 heteroatoms. The van der Waals surface area contributed by atoms with Crippen molar-refractivity contribution in [1.82, 2.24) is 19.4 Å². The van der Waals surface area contributed by atoms with Crippen LogP contribution >= 0.6 is 11.3 Å². The Labute approximate surface area is 151 Å². The number of piperidine rings is 1. The van der Waals surface area contributed by atoms with Crippen LogP contribution in [0.3, 0.4) is 0 Å². The molecule has 136 valence electrons. The van der Waals surface area contributed by atoms with Gasteiger partial charge in [0, 0.05) is 37.9 Å². The van der Waals surface area contributed by atoms with E-state index in [4.69, 9.17) is 0 Å². The number of hydrogen-bond acceptors (Lipinski definition) is 5. The van der Waals surface area contributed by atoms with Crippen molar-refractivity contribution in [3.8, 4) is 0 Å². The highest BCUT2D eigenvalue weighted by Gasteiger charge is 2.29. The molecule has 3 heterocycles. The van der Waals surface area contributed by atoms with Gasteiger partial charge in [0.25, 0.3) is 0 Å². The lowest BCUT2D eigenvalue weighted by Gasteiger charge is -2.29. The Morgan fingerprint density at radius 1 is 1.44 bits per heavy atom. The zero-order chi connectivity index (χ0) is 17.9. The Bertz CT molecular complexity index is 745. The molecule has 0 unspecified atom stereocenters. The fourth-order valence-electron chi connectivity index (χ4n) is 3.08. The number of nitrogens with one attached hydrogen (secondary N) is 1. The minimum absolute atomic E-state index is 0.0134. The van der Waals surface area contributed by atoms with Crippen LogP contribution in [0, 0.1) is 5.92 Å². The molecule has 0 spiro atoms. The van der Waals surface area contributed by atoms with Crippen molar-refractivity contribution in [2.75, 3.05) is 25.9 Å². The van der Waals surface area contributed by atoms with Crippen molar-refractivity contribution in [2.24, 2.45) is 5.92 Å². The maximum absolute atomic E-state index is 12.5. The van der Waals surface area contributed by atoms with Crippen molar-refractivity contribution in [3.63, 3.8) is 0 Å². The lowest BCUT2D eigenvalue weighted by atomic mass is 9.97. The summed E-state index contributed by atoms with van der Waals surface area (Å²) in [4.78, 5) is 12.5. The summed E-state index contributed by atoms with van der Waals surface area (Å²) in [5, 5.41) is 11.4. The first-order chi connectivity index (χ1) is 11.9. The van der Waals surface area contributed by atoms with Crippen LogP contribution in [-0.4, -0.2) is 54.3 Å². The summed E-state index contributed by atoms with van der Waals surface area (Å²) in [7, 11) is -3.17. The van der Waals surface area contributed by atoms with Crippen molar-refractivity contribution in [3.05, 3.63) is 40.8 Å². The fourth-order valence-corrected chi connectivity index (χ4v) is 4.67. The molecule has 0 radical (unpaired) electrons. The standard InChI is InChI=1S/C16H22N4O3S2/c1-25(22,23)19-8-3-13(4-9-19)16(21)17-11-15(14-5-10-24-12-14)20-7-2-6-18-20/h2,5-7,10,12-13,15H,3-4,8-9,11H2,1H3,(H,17,21)/t15-/m1/s1. The number of hydrogen-bond donors (Lipinski definition) is 1. The molecule has 1 aliphatic heterocycles. The largest absolute Gasteiger partial charge is 0.353 e. The molecular weight excluding hydrogens is 360 g/mol. The second kappa shape index (κ2) is 7.67. The molecule has 1 aliphatic rings. The van der Waals surface area contributed by atoms with Crippen molar-refractivity contribution in [1.29, 1.82) is 0 Å². The Kier molecular flexibility index (Phi) is 5.55. The van der Waals surface area contributed by atoms with E-state index in [9.17, 15) is 13.2 Å². The minimum atomic E-state index is -3.17. The van der Waals surface area contributed by atoms with Gasteiger partial charge >= 0.3 is 0 Å². The van der Waals surface area contributed by atoms with E-state index in [1.54, 1.807) is 17.5 Å². The molecule has 2 aromatic heterocycles. The summed E-state index contributed by atoms with van der Waals surface area (Å²) in [6.07, 6.45) is 5.94.